The monoisotopic (exact) mass is 216 g/mol. The van der Waals surface area contributed by atoms with Gasteiger partial charge in [-0.2, -0.15) is 0 Å². The van der Waals surface area contributed by atoms with Crippen molar-refractivity contribution in [2.45, 2.75) is 12.8 Å². The van der Waals surface area contributed by atoms with Gasteiger partial charge in [-0.25, -0.2) is 0 Å². The van der Waals surface area contributed by atoms with Crippen molar-refractivity contribution in [2.75, 3.05) is 18.4 Å². The molecule has 0 spiro atoms. The van der Waals surface area contributed by atoms with Gasteiger partial charge >= 0.3 is 0 Å². The highest BCUT2D eigenvalue weighted by molar-refractivity contribution is 5.95. The van der Waals surface area contributed by atoms with Crippen LogP contribution < -0.4 is 10.6 Å². The van der Waals surface area contributed by atoms with Gasteiger partial charge in [0.1, 0.15) is 0 Å². The summed E-state index contributed by atoms with van der Waals surface area (Å²) in [6.07, 6.45) is 3.85. The van der Waals surface area contributed by atoms with Crippen molar-refractivity contribution in [3.05, 3.63) is 42.0 Å². The first-order chi connectivity index (χ1) is 7.81. The molecule has 84 valence electrons. The smallest absolute Gasteiger partial charge is 0.251 e. The van der Waals surface area contributed by atoms with Gasteiger partial charge in [0, 0.05) is 24.3 Å². The van der Waals surface area contributed by atoms with E-state index in [1.54, 1.807) is 6.08 Å². The van der Waals surface area contributed by atoms with Crippen LogP contribution in [0.3, 0.4) is 0 Å². The Hall–Kier alpha value is -1.77. The summed E-state index contributed by atoms with van der Waals surface area (Å²) in [6, 6.07) is 5.81. The zero-order valence-electron chi connectivity index (χ0n) is 9.25. The van der Waals surface area contributed by atoms with E-state index in [4.69, 9.17) is 0 Å². The summed E-state index contributed by atoms with van der Waals surface area (Å²) >= 11 is 0. The zero-order valence-corrected chi connectivity index (χ0v) is 9.25. The molecule has 3 heteroatoms. The molecule has 1 amide bonds. The van der Waals surface area contributed by atoms with Gasteiger partial charge in [0.05, 0.1) is 0 Å². The molecule has 0 fully saturated rings. The predicted octanol–water partition coefficient (Wildman–Crippen LogP) is 1.96. The Morgan fingerprint density at radius 2 is 2.44 bits per heavy atom. The molecule has 3 nitrogen and oxygen atoms in total. The average molecular weight is 216 g/mol. The maximum absolute atomic E-state index is 11.7. The summed E-state index contributed by atoms with van der Waals surface area (Å²) in [5.41, 5.74) is 3.12. The highest BCUT2D eigenvalue weighted by Crippen LogP contribution is 2.22. The summed E-state index contributed by atoms with van der Waals surface area (Å²) in [5, 5.41) is 6.10. The molecule has 0 unspecified atom stereocenters. The van der Waals surface area contributed by atoms with Gasteiger partial charge in [0.15, 0.2) is 0 Å². The van der Waals surface area contributed by atoms with Crippen LogP contribution in [0.1, 0.15) is 22.3 Å². The molecule has 1 heterocycles. The van der Waals surface area contributed by atoms with Crippen LogP contribution in [-0.4, -0.2) is 19.0 Å². The van der Waals surface area contributed by atoms with Crippen molar-refractivity contribution < 1.29 is 4.79 Å². The third-order valence-corrected chi connectivity index (χ3v) is 2.71. The van der Waals surface area contributed by atoms with Crippen molar-refractivity contribution in [1.29, 1.82) is 0 Å². The van der Waals surface area contributed by atoms with Gasteiger partial charge in [-0.15, -0.1) is 6.58 Å². The summed E-state index contributed by atoms with van der Waals surface area (Å²) < 4.78 is 0. The second-order valence-electron chi connectivity index (χ2n) is 3.90. The van der Waals surface area contributed by atoms with Crippen molar-refractivity contribution in [3.8, 4) is 0 Å². The Balaban J connectivity index is 2.16. The van der Waals surface area contributed by atoms with E-state index in [1.165, 1.54) is 5.56 Å². The van der Waals surface area contributed by atoms with E-state index in [2.05, 4.69) is 17.2 Å². The first-order valence-electron chi connectivity index (χ1n) is 5.57. The number of nitrogens with one attached hydrogen (secondary N) is 2. The molecule has 0 saturated heterocycles. The first kappa shape index (κ1) is 10.7. The number of carbonyl (C=O) groups is 1. The van der Waals surface area contributed by atoms with Gasteiger partial charge in [-0.3, -0.25) is 4.79 Å². The van der Waals surface area contributed by atoms with Gasteiger partial charge < -0.3 is 10.6 Å². The van der Waals surface area contributed by atoms with Crippen LogP contribution in [0.25, 0.3) is 0 Å². The fraction of sp³-hybridized carbons (Fsp3) is 0.308. The number of amides is 1. The number of hydrogen-bond acceptors (Lipinski definition) is 2. The van der Waals surface area contributed by atoms with Gasteiger partial charge in [0.25, 0.3) is 5.91 Å². The lowest BCUT2D eigenvalue weighted by Crippen LogP contribution is -2.23. The molecular weight excluding hydrogens is 200 g/mol. The molecule has 2 N–H and O–H groups in total. The average Bonchev–Trinajstić information content (AvgIpc) is 2.35. The third-order valence-electron chi connectivity index (χ3n) is 2.71. The number of fused-ring (bicyclic) bond motifs is 1. The minimum atomic E-state index is -0.0340. The summed E-state index contributed by atoms with van der Waals surface area (Å²) in [5.74, 6) is -0.0340. The maximum Gasteiger partial charge on any atom is 0.251 e. The van der Waals surface area contributed by atoms with E-state index in [0.717, 1.165) is 30.6 Å². The van der Waals surface area contributed by atoms with E-state index < -0.39 is 0 Å². The van der Waals surface area contributed by atoms with Gasteiger partial charge in [0.2, 0.25) is 0 Å². The number of anilines is 1. The second-order valence-corrected chi connectivity index (χ2v) is 3.90. The van der Waals surface area contributed by atoms with Crippen molar-refractivity contribution in [2.24, 2.45) is 0 Å². The molecule has 0 bridgehead atoms. The minimum absolute atomic E-state index is 0.0340. The van der Waals surface area contributed by atoms with Crippen molar-refractivity contribution in [1.82, 2.24) is 5.32 Å². The largest absolute Gasteiger partial charge is 0.385 e. The molecule has 0 aliphatic carbocycles. The van der Waals surface area contributed by atoms with E-state index in [0.29, 0.717) is 6.54 Å². The Kier molecular flexibility index (Phi) is 3.25. The van der Waals surface area contributed by atoms with Crippen LogP contribution in [0.5, 0.6) is 0 Å². The van der Waals surface area contributed by atoms with E-state index in [-0.39, 0.29) is 5.91 Å². The first-order valence-corrected chi connectivity index (χ1v) is 5.57. The topological polar surface area (TPSA) is 41.1 Å². The molecule has 1 aliphatic rings. The quantitative estimate of drug-likeness (QED) is 0.758. The summed E-state index contributed by atoms with van der Waals surface area (Å²) in [4.78, 5) is 11.7. The Morgan fingerprint density at radius 3 is 3.25 bits per heavy atom. The number of rotatable bonds is 3. The second kappa shape index (κ2) is 4.84. The SMILES string of the molecule is C=CCNC(=O)c1ccc2c(c1)CCCN2. The van der Waals surface area contributed by atoms with E-state index >= 15 is 0 Å². The number of aryl methyl sites for hydroxylation is 1. The lowest BCUT2D eigenvalue weighted by molar-refractivity contribution is 0.0958. The van der Waals surface area contributed by atoms with Crippen molar-refractivity contribution in [3.63, 3.8) is 0 Å². The Labute approximate surface area is 95.6 Å². The summed E-state index contributed by atoms with van der Waals surface area (Å²) in [7, 11) is 0. The predicted molar refractivity (Wildman–Crippen MR) is 65.8 cm³/mol. The molecule has 16 heavy (non-hydrogen) atoms. The Morgan fingerprint density at radius 1 is 1.56 bits per heavy atom. The van der Waals surface area contributed by atoms with Crippen LogP contribution in [-0.2, 0) is 6.42 Å². The van der Waals surface area contributed by atoms with Crippen LogP contribution >= 0.6 is 0 Å². The molecule has 0 radical (unpaired) electrons. The number of carbonyl (C=O) groups excluding carboxylic acids is 1. The Bertz CT molecular complexity index is 412. The lowest BCUT2D eigenvalue weighted by Gasteiger charge is -2.18. The molecular formula is C13H16N2O. The molecule has 0 saturated carbocycles. The summed E-state index contributed by atoms with van der Waals surface area (Å²) in [6.45, 7) is 5.10. The van der Waals surface area contributed by atoms with Gasteiger partial charge in [-0.05, 0) is 36.6 Å². The third kappa shape index (κ3) is 2.24. The minimum Gasteiger partial charge on any atom is -0.385 e. The highest BCUT2D eigenvalue weighted by Gasteiger charge is 2.11. The fourth-order valence-electron chi connectivity index (χ4n) is 1.88. The van der Waals surface area contributed by atoms with Crippen LogP contribution in [0.2, 0.25) is 0 Å². The normalized spacial score (nSPS) is 13.5. The molecule has 1 aromatic rings. The number of hydrogen-bond donors (Lipinski definition) is 2. The standard InChI is InChI=1S/C13H16N2O/c1-2-7-15-13(16)11-5-6-12-10(9-11)4-3-8-14-12/h2,5-6,9,14H,1,3-4,7-8H2,(H,15,16). The van der Waals surface area contributed by atoms with Gasteiger partial charge in [-0.1, -0.05) is 6.08 Å². The van der Waals surface area contributed by atoms with Crippen LogP contribution in [0.15, 0.2) is 30.9 Å². The molecule has 0 atom stereocenters. The highest BCUT2D eigenvalue weighted by atomic mass is 16.1. The molecule has 1 aliphatic heterocycles. The van der Waals surface area contributed by atoms with E-state index in [9.17, 15) is 4.79 Å². The lowest BCUT2D eigenvalue weighted by atomic mass is 10.0. The molecule has 0 aromatic heterocycles. The fourth-order valence-corrected chi connectivity index (χ4v) is 1.88. The zero-order chi connectivity index (χ0) is 11.4. The van der Waals surface area contributed by atoms with Crippen molar-refractivity contribution >= 4 is 11.6 Å². The van der Waals surface area contributed by atoms with Crippen LogP contribution in [0, 0.1) is 0 Å². The number of benzene rings is 1. The molecule has 2 rings (SSSR count). The molecule has 1 aromatic carbocycles. The maximum atomic E-state index is 11.7. The van der Waals surface area contributed by atoms with E-state index in [1.807, 2.05) is 18.2 Å². The van der Waals surface area contributed by atoms with Crippen LogP contribution in [0.4, 0.5) is 5.69 Å².